The number of para-hydroxylation sites is 1. The predicted molar refractivity (Wildman–Crippen MR) is 84.7 cm³/mol. The quantitative estimate of drug-likeness (QED) is 0.468. The van der Waals surface area contributed by atoms with Crippen molar-refractivity contribution in [3.63, 3.8) is 0 Å². The summed E-state index contributed by atoms with van der Waals surface area (Å²) in [7, 11) is 0. The van der Waals surface area contributed by atoms with Crippen molar-refractivity contribution in [3.8, 4) is 5.69 Å². The molecule has 0 aliphatic carbocycles. The highest BCUT2D eigenvalue weighted by atomic mass is 16.3. The Hall–Kier alpha value is -2.61. The Kier molecular flexibility index (Phi) is 2.58. The number of rotatable bonds is 1. The summed E-state index contributed by atoms with van der Waals surface area (Å²) in [6.45, 7) is 4.24. The summed E-state index contributed by atoms with van der Waals surface area (Å²) in [5, 5.41) is 2.34. The van der Waals surface area contributed by atoms with E-state index in [1.54, 1.807) is 0 Å². The van der Waals surface area contributed by atoms with Crippen LogP contribution in [0.4, 0.5) is 0 Å². The number of furan rings is 1. The molecule has 0 atom stereocenters. The molecule has 0 N–H and O–H groups in total. The van der Waals surface area contributed by atoms with Gasteiger partial charge in [0.15, 0.2) is 11.9 Å². The zero-order valence-electron chi connectivity index (χ0n) is 12.1. The molecule has 0 spiro atoms. The molecule has 2 aromatic carbocycles. The number of benzene rings is 2. The summed E-state index contributed by atoms with van der Waals surface area (Å²) in [5.74, 6) is 0. The lowest BCUT2D eigenvalue weighted by atomic mass is 10.1. The smallest absolute Gasteiger partial charge is 0.257 e. The molecular formula is C19H16NO+. The average molecular weight is 274 g/mol. The molecule has 0 aliphatic heterocycles. The minimum absolute atomic E-state index is 0.938. The number of pyridine rings is 1. The molecule has 0 radical (unpaired) electrons. The highest BCUT2D eigenvalue weighted by Crippen LogP contribution is 2.32. The van der Waals surface area contributed by atoms with Gasteiger partial charge in [0.2, 0.25) is 5.58 Å². The molecule has 2 aromatic heterocycles. The van der Waals surface area contributed by atoms with E-state index in [2.05, 4.69) is 61.0 Å². The molecule has 2 heteroatoms. The number of hydrogen-bond donors (Lipinski definition) is 0. The van der Waals surface area contributed by atoms with E-state index in [9.17, 15) is 0 Å². The fourth-order valence-electron chi connectivity index (χ4n) is 2.95. The Morgan fingerprint density at radius 1 is 0.810 bits per heavy atom. The lowest BCUT2D eigenvalue weighted by molar-refractivity contribution is -0.602. The largest absolute Gasteiger partial charge is 0.449 e. The molecule has 4 rings (SSSR count). The van der Waals surface area contributed by atoms with Crippen LogP contribution in [0, 0.1) is 13.8 Å². The molecule has 4 aromatic rings. The lowest BCUT2D eigenvalue weighted by Gasteiger charge is -2.03. The fourth-order valence-corrected chi connectivity index (χ4v) is 2.95. The molecule has 0 saturated heterocycles. The van der Waals surface area contributed by atoms with Crippen molar-refractivity contribution in [3.05, 3.63) is 72.1 Å². The number of aryl methyl sites for hydroxylation is 2. The first kappa shape index (κ1) is 12.2. The highest BCUT2D eigenvalue weighted by Gasteiger charge is 2.21. The summed E-state index contributed by atoms with van der Waals surface area (Å²) in [6, 6.07) is 18.7. The van der Waals surface area contributed by atoms with E-state index >= 15 is 0 Å². The van der Waals surface area contributed by atoms with Crippen LogP contribution in [0.5, 0.6) is 0 Å². The van der Waals surface area contributed by atoms with Crippen LogP contribution >= 0.6 is 0 Å². The molecule has 0 bridgehead atoms. The first-order valence-electron chi connectivity index (χ1n) is 7.14. The van der Waals surface area contributed by atoms with Crippen molar-refractivity contribution < 1.29 is 8.98 Å². The van der Waals surface area contributed by atoms with Crippen molar-refractivity contribution in [1.82, 2.24) is 0 Å². The van der Waals surface area contributed by atoms with Gasteiger partial charge in [-0.1, -0.05) is 30.3 Å². The van der Waals surface area contributed by atoms with E-state index in [1.165, 1.54) is 22.0 Å². The van der Waals surface area contributed by atoms with Crippen molar-refractivity contribution in [2.24, 2.45) is 0 Å². The molecule has 0 fully saturated rings. The van der Waals surface area contributed by atoms with Crippen molar-refractivity contribution in [1.29, 1.82) is 0 Å². The zero-order chi connectivity index (χ0) is 14.4. The van der Waals surface area contributed by atoms with E-state index in [-0.39, 0.29) is 0 Å². The Balaban J connectivity index is 2.18. The van der Waals surface area contributed by atoms with E-state index in [4.69, 9.17) is 4.42 Å². The van der Waals surface area contributed by atoms with Gasteiger partial charge >= 0.3 is 0 Å². The molecule has 2 nitrogen and oxygen atoms in total. The van der Waals surface area contributed by atoms with Crippen LogP contribution in [0.1, 0.15) is 11.3 Å². The minimum atomic E-state index is 0.938. The molecule has 102 valence electrons. The summed E-state index contributed by atoms with van der Waals surface area (Å²) in [6.07, 6.45) is 2.09. The SMILES string of the molecule is Cc1ccc2c(oc3ccccc32)c1-[n+]1ccccc1C. The van der Waals surface area contributed by atoms with Gasteiger partial charge in [0, 0.05) is 35.4 Å². The topological polar surface area (TPSA) is 17.0 Å². The van der Waals surface area contributed by atoms with Crippen LogP contribution in [-0.4, -0.2) is 0 Å². The predicted octanol–water partition coefficient (Wildman–Crippen LogP) is 4.48. The molecule has 0 unspecified atom stereocenters. The normalized spacial score (nSPS) is 11.3. The van der Waals surface area contributed by atoms with Gasteiger partial charge in [0.05, 0.1) is 0 Å². The van der Waals surface area contributed by atoms with Crippen LogP contribution in [0.2, 0.25) is 0 Å². The first-order chi connectivity index (χ1) is 10.3. The number of hydrogen-bond acceptors (Lipinski definition) is 1. The third-order valence-corrected chi connectivity index (χ3v) is 4.03. The average Bonchev–Trinajstić information content (AvgIpc) is 2.87. The maximum absolute atomic E-state index is 6.15. The molecule has 2 heterocycles. The molecule has 0 saturated carbocycles. The third-order valence-electron chi connectivity index (χ3n) is 4.03. The van der Waals surface area contributed by atoms with Crippen LogP contribution in [0.3, 0.4) is 0 Å². The maximum atomic E-state index is 6.15. The van der Waals surface area contributed by atoms with E-state index < -0.39 is 0 Å². The van der Waals surface area contributed by atoms with Crippen molar-refractivity contribution in [2.45, 2.75) is 13.8 Å². The Labute approximate surface area is 123 Å². The summed E-state index contributed by atoms with van der Waals surface area (Å²) in [4.78, 5) is 0. The van der Waals surface area contributed by atoms with Gasteiger partial charge in [0.1, 0.15) is 5.58 Å². The monoisotopic (exact) mass is 274 g/mol. The second-order valence-electron chi connectivity index (χ2n) is 5.42. The lowest BCUT2D eigenvalue weighted by Crippen LogP contribution is -2.34. The standard InChI is InChI=1S/C19H16NO/c1-13-10-11-16-15-8-3-4-9-17(15)21-19(16)18(13)20-12-6-5-7-14(20)2/h3-12H,1-2H3/q+1. The van der Waals surface area contributed by atoms with Crippen LogP contribution in [0.15, 0.2) is 65.2 Å². The van der Waals surface area contributed by atoms with Gasteiger partial charge in [-0.2, -0.15) is 4.57 Å². The van der Waals surface area contributed by atoms with Crippen molar-refractivity contribution in [2.75, 3.05) is 0 Å². The Bertz CT molecular complexity index is 966. The van der Waals surface area contributed by atoms with Gasteiger partial charge in [-0.3, -0.25) is 0 Å². The second-order valence-corrected chi connectivity index (χ2v) is 5.42. The summed E-state index contributed by atoms with van der Waals surface area (Å²) >= 11 is 0. The van der Waals surface area contributed by atoms with Gasteiger partial charge < -0.3 is 4.42 Å². The van der Waals surface area contributed by atoms with Crippen molar-refractivity contribution >= 4 is 21.9 Å². The first-order valence-corrected chi connectivity index (χ1v) is 7.14. The third kappa shape index (κ3) is 1.76. The van der Waals surface area contributed by atoms with Gasteiger partial charge in [-0.25, -0.2) is 0 Å². The fraction of sp³-hybridized carbons (Fsp3) is 0.105. The van der Waals surface area contributed by atoms with Gasteiger partial charge in [-0.05, 0) is 19.1 Å². The van der Waals surface area contributed by atoms with E-state index in [0.29, 0.717) is 0 Å². The van der Waals surface area contributed by atoms with Crippen LogP contribution in [-0.2, 0) is 0 Å². The number of nitrogens with zero attached hydrogens (tertiary/aromatic N) is 1. The molecule has 0 amide bonds. The zero-order valence-corrected chi connectivity index (χ0v) is 12.1. The van der Waals surface area contributed by atoms with Gasteiger partial charge in [-0.15, -0.1) is 0 Å². The van der Waals surface area contributed by atoms with Crippen LogP contribution in [0.25, 0.3) is 27.6 Å². The second kappa shape index (κ2) is 4.45. The van der Waals surface area contributed by atoms with Gasteiger partial charge in [0.25, 0.3) is 5.69 Å². The molecular weight excluding hydrogens is 258 g/mol. The maximum Gasteiger partial charge on any atom is 0.257 e. The number of aromatic nitrogens is 1. The Morgan fingerprint density at radius 2 is 1.62 bits per heavy atom. The summed E-state index contributed by atoms with van der Waals surface area (Å²) < 4.78 is 8.35. The van der Waals surface area contributed by atoms with E-state index in [1.807, 2.05) is 18.2 Å². The van der Waals surface area contributed by atoms with Crippen LogP contribution < -0.4 is 4.57 Å². The minimum Gasteiger partial charge on any atom is -0.449 e. The Morgan fingerprint density at radius 3 is 2.48 bits per heavy atom. The number of fused-ring (bicyclic) bond motifs is 3. The van der Waals surface area contributed by atoms with E-state index in [0.717, 1.165) is 16.9 Å². The highest BCUT2D eigenvalue weighted by molar-refractivity contribution is 6.07. The molecule has 21 heavy (non-hydrogen) atoms. The summed E-state index contributed by atoms with van der Waals surface area (Å²) in [5.41, 5.74) is 5.42. The molecule has 0 aliphatic rings.